The van der Waals surface area contributed by atoms with Crippen molar-refractivity contribution in [1.82, 2.24) is 0 Å². The zero-order chi connectivity index (χ0) is 11.5. The van der Waals surface area contributed by atoms with Gasteiger partial charge in [0, 0.05) is 15.8 Å². The summed E-state index contributed by atoms with van der Waals surface area (Å²) in [6.07, 6.45) is -0.477. The van der Waals surface area contributed by atoms with Crippen molar-refractivity contribution in [3.05, 3.63) is 41.4 Å². The Labute approximate surface area is 99.4 Å². The van der Waals surface area contributed by atoms with Gasteiger partial charge in [-0.2, -0.15) is 0 Å². The molecule has 0 spiro atoms. The van der Waals surface area contributed by atoms with Gasteiger partial charge in [-0.3, -0.25) is 0 Å². The van der Waals surface area contributed by atoms with Gasteiger partial charge in [-0.05, 0) is 19.1 Å². The van der Waals surface area contributed by atoms with Gasteiger partial charge in [0.25, 0.3) is 0 Å². The molecule has 84 valence electrons. The van der Waals surface area contributed by atoms with Crippen LogP contribution in [0.4, 0.5) is 0 Å². The average Bonchev–Trinajstić information content (AvgIpc) is 2.28. The molecule has 0 bridgehead atoms. The number of ether oxygens (including phenoxy) is 1. The van der Waals surface area contributed by atoms with Gasteiger partial charge < -0.3 is 9.84 Å². The largest absolute Gasteiger partial charge is 0.490 e. The first kappa shape index (κ1) is 11.2. The zero-order valence-corrected chi connectivity index (χ0v) is 9.74. The highest BCUT2D eigenvalue weighted by Gasteiger charge is 2.05. The molecule has 1 unspecified atom stereocenters. The van der Waals surface area contributed by atoms with Crippen LogP contribution in [0.2, 0.25) is 5.02 Å². The molecule has 0 saturated carbocycles. The van der Waals surface area contributed by atoms with Gasteiger partial charge in [0.2, 0.25) is 0 Å². The lowest BCUT2D eigenvalue weighted by Crippen LogP contribution is -2.12. The van der Waals surface area contributed by atoms with Crippen LogP contribution in [-0.2, 0) is 0 Å². The smallest absolute Gasteiger partial charge is 0.127 e. The molecular weight excluding hydrogens is 224 g/mol. The van der Waals surface area contributed by atoms with E-state index in [0.717, 1.165) is 16.5 Å². The number of hydrogen-bond donors (Lipinski definition) is 1. The lowest BCUT2D eigenvalue weighted by Gasteiger charge is -2.11. The number of halogens is 1. The molecule has 1 atom stereocenters. The SMILES string of the molecule is CC(O)COc1ccc(Cl)c2ccccc12. The van der Waals surface area contributed by atoms with Crippen LogP contribution in [0, 0.1) is 0 Å². The van der Waals surface area contributed by atoms with Crippen molar-refractivity contribution >= 4 is 22.4 Å². The number of fused-ring (bicyclic) bond motifs is 1. The van der Waals surface area contributed by atoms with Crippen LogP contribution in [-0.4, -0.2) is 17.8 Å². The molecule has 0 aromatic heterocycles. The first-order chi connectivity index (χ1) is 7.68. The summed E-state index contributed by atoms with van der Waals surface area (Å²) < 4.78 is 5.53. The molecule has 0 heterocycles. The fourth-order valence-electron chi connectivity index (χ4n) is 1.57. The molecular formula is C13H13ClO2. The predicted molar refractivity (Wildman–Crippen MR) is 66.1 cm³/mol. The van der Waals surface area contributed by atoms with Crippen molar-refractivity contribution in [1.29, 1.82) is 0 Å². The number of rotatable bonds is 3. The summed E-state index contributed by atoms with van der Waals surface area (Å²) in [5, 5.41) is 11.8. The fraction of sp³-hybridized carbons (Fsp3) is 0.231. The van der Waals surface area contributed by atoms with Crippen LogP contribution >= 0.6 is 11.6 Å². The Morgan fingerprint density at radius 1 is 1.19 bits per heavy atom. The molecule has 0 aliphatic rings. The van der Waals surface area contributed by atoms with Gasteiger partial charge in [-0.25, -0.2) is 0 Å². The van der Waals surface area contributed by atoms with E-state index in [-0.39, 0.29) is 6.61 Å². The summed E-state index contributed by atoms with van der Waals surface area (Å²) in [7, 11) is 0. The second-order valence-corrected chi connectivity index (χ2v) is 4.16. The maximum absolute atomic E-state index is 9.19. The van der Waals surface area contributed by atoms with Crippen LogP contribution in [0.15, 0.2) is 36.4 Å². The highest BCUT2D eigenvalue weighted by atomic mass is 35.5. The van der Waals surface area contributed by atoms with E-state index in [0.29, 0.717) is 5.02 Å². The quantitative estimate of drug-likeness (QED) is 0.887. The number of hydrogen-bond acceptors (Lipinski definition) is 2. The van der Waals surface area contributed by atoms with Gasteiger partial charge in [0.15, 0.2) is 0 Å². The van der Waals surface area contributed by atoms with Crippen molar-refractivity contribution in [2.45, 2.75) is 13.0 Å². The van der Waals surface area contributed by atoms with Crippen LogP contribution in [0.5, 0.6) is 5.75 Å². The van der Waals surface area contributed by atoms with Gasteiger partial charge in [0.05, 0.1) is 6.10 Å². The molecule has 0 aliphatic carbocycles. The van der Waals surface area contributed by atoms with E-state index in [4.69, 9.17) is 16.3 Å². The number of aliphatic hydroxyl groups excluding tert-OH is 1. The summed E-state index contributed by atoms with van der Waals surface area (Å²) in [5.41, 5.74) is 0. The third-order valence-corrected chi connectivity index (χ3v) is 2.64. The molecule has 0 fully saturated rings. The Balaban J connectivity index is 2.42. The van der Waals surface area contributed by atoms with E-state index in [9.17, 15) is 5.11 Å². The molecule has 0 aliphatic heterocycles. The van der Waals surface area contributed by atoms with E-state index < -0.39 is 6.10 Å². The maximum Gasteiger partial charge on any atom is 0.127 e. The number of benzene rings is 2. The molecule has 2 nitrogen and oxygen atoms in total. The molecule has 2 aromatic carbocycles. The van der Waals surface area contributed by atoms with E-state index in [2.05, 4.69) is 0 Å². The number of aliphatic hydroxyl groups is 1. The van der Waals surface area contributed by atoms with Gasteiger partial charge >= 0.3 is 0 Å². The Morgan fingerprint density at radius 3 is 2.56 bits per heavy atom. The summed E-state index contributed by atoms with van der Waals surface area (Å²) >= 11 is 6.09. The Kier molecular flexibility index (Phi) is 3.32. The van der Waals surface area contributed by atoms with Crippen LogP contribution in [0.3, 0.4) is 0 Å². The second kappa shape index (κ2) is 4.73. The van der Waals surface area contributed by atoms with Crippen molar-refractivity contribution in [3.63, 3.8) is 0 Å². The van der Waals surface area contributed by atoms with Gasteiger partial charge in [-0.15, -0.1) is 0 Å². The molecule has 0 amide bonds. The summed E-state index contributed by atoms with van der Waals surface area (Å²) in [6, 6.07) is 11.4. The molecule has 0 radical (unpaired) electrons. The monoisotopic (exact) mass is 236 g/mol. The fourth-order valence-corrected chi connectivity index (χ4v) is 1.80. The van der Waals surface area contributed by atoms with Crippen LogP contribution in [0.25, 0.3) is 10.8 Å². The van der Waals surface area contributed by atoms with Crippen molar-refractivity contribution in [3.8, 4) is 5.75 Å². The molecule has 3 heteroatoms. The molecule has 1 N–H and O–H groups in total. The third kappa shape index (κ3) is 2.29. The lowest BCUT2D eigenvalue weighted by molar-refractivity contribution is 0.123. The second-order valence-electron chi connectivity index (χ2n) is 3.75. The minimum atomic E-state index is -0.477. The van der Waals surface area contributed by atoms with E-state index >= 15 is 0 Å². The first-order valence-electron chi connectivity index (χ1n) is 5.16. The average molecular weight is 237 g/mol. The topological polar surface area (TPSA) is 29.5 Å². The minimum Gasteiger partial charge on any atom is -0.490 e. The predicted octanol–water partition coefficient (Wildman–Crippen LogP) is 3.25. The Hall–Kier alpha value is -1.25. The standard InChI is InChI=1S/C13H13ClO2/c1-9(15)8-16-13-7-6-12(14)10-4-2-3-5-11(10)13/h2-7,9,15H,8H2,1H3. The van der Waals surface area contributed by atoms with Crippen molar-refractivity contribution < 1.29 is 9.84 Å². The summed E-state index contributed by atoms with van der Waals surface area (Å²) in [6.45, 7) is 1.98. The Bertz CT molecular complexity index is 494. The van der Waals surface area contributed by atoms with Crippen LogP contribution < -0.4 is 4.74 Å². The van der Waals surface area contributed by atoms with Gasteiger partial charge in [-0.1, -0.05) is 35.9 Å². The van der Waals surface area contributed by atoms with Crippen molar-refractivity contribution in [2.75, 3.05) is 6.61 Å². The van der Waals surface area contributed by atoms with Gasteiger partial charge in [0.1, 0.15) is 12.4 Å². The molecule has 16 heavy (non-hydrogen) atoms. The summed E-state index contributed by atoms with van der Waals surface area (Å²) in [4.78, 5) is 0. The first-order valence-corrected chi connectivity index (χ1v) is 5.54. The highest BCUT2D eigenvalue weighted by molar-refractivity contribution is 6.35. The van der Waals surface area contributed by atoms with E-state index in [1.54, 1.807) is 13.0 Å². The van der Waals surface area contributed by atoms with E-state index in [1.807, 2.05) is 30.3 Å². The zero-order valence-electron chi connectivity index (χ0n) is 8.98. The maximum atomic E-state index is 9.19. The van der Waals surface area contributed by atoms with Crippen molar-refractivity contribution in [2.24, 2.45) is 0 Å². The highest BCUT2D eigenvalue weighted by Crippen LogP contribution is 2.31. The molecule has 0 saturated heterocycles. The lowest BCUT2D eigenvalue weighted by atomic mass is 10.1. The minimum absolute atomic E-state index is 0.283. The van der Waals surface area contributed by atoms with Crippen LogP contribution in [0.1, 0.15) is 6.92 Å². The summed E-state index contributed by atoms with van der Waals surface area (Å²) in [5.74, 6) is 0.751. The molecule has 2 aromatic rings. The normalized spacial score (nSPS) is 12.7. The third-order valence-electron chi connectivity index (χ3n) is 2.31. The molecule has 2 rings (SSSR count). The Morgan fingerprint density at radius 2 is 1.88 bits per heavy atom. The van der Waals surface area contributed by atoms with E-state index in [1.165, 1.54) is 0 Å².